The Morgan fingerprint density at radius 3 is 2.77 bits per heavy atom. The van der Waals surface area contributed by atoms with Crippen LogP contribution in [0, 0.1) is 11.3 Å². The highest BCUT2D eigenvalue weighted by molar-refractivity contribution is 7.21. The Kier molecular flexibility index (Phi) is 4.24. The second kappa shape index (κ2) is 6.57. The fourth-order valence-electron chi connectivity index (χ4n) is 3.10. The molecule has 0 bridgehead atoms. The standard InChI is InChI=1S/C17H15N5O2S2/c18-8-9-11(10-2-1-7-25-10)12-13(19)14(15(20)23)26-17(12)21-16(9)22-3-5-24-6-4-22/h1-2,7H,3-6,19H2,(H2,20,23). The maximum absolute atomic E-state index is 11.8. The maximum Gasteiger partial charge on any atom is 0.260 e. The molecule has 9 heteroatoms. The second-order valence-corrected chi connectivity index (χ2v) is 7.71. The van der Waals surface area contributed by atoms with Gasteiger partial charge in [-0.15, -0.1) is 22.7 Å². The fourth-order valence-corrected chi connectivity index (χ4v) is 4.84. The number of hydrogen-bond donors (Lipinski definition) is 2. The molecule has 0 saturated carbocycles. The van der Waals surface area contributed by atoms with Crippen LogP contribution in [-0.4, -0.2) is 37.2 Å². The number of morpholine rings is 1. The summed E-state index contributed by atoms with van der Waals surface area (Å²) < 4.78 is 5.41. The molecule has 0 spiro atoms. The predicted octanol–water partition coefficient (Wildman–Crippen LogP) is 2.41. The van der Waals surface area contributed by atoms with Gasteiger partial charge in [0.2, 0.25) is 0 Å². The first-order valence-electron chi connectivity index (χ1n) is 7.94. The van der Waals surface area contributed by atoms with Crippen molar-refractivity contribution in [1.29, 1.82) is 5.26 Å². The zero-order chi connectivity index (χ0) is 18.3. The zero-order valence-corrected chi connectivity index (χ0v) is 15.3. The number of carbonyl (C=O) groups excluding carboxylic acids is 1. The quantitative estimate of drug-likeness (QED) is 0.715. The smallest absolute Gasteiger partial charge is 0.260 e. The number of nitrogens with zero attached hydrogens (tertiary/aromatic N) is 3. The topological polar surface area (TPSA) is 118 Å². The van der Waals surface area contributed by atoms with Crippen molar-refractivity contribution in [3.05, 3.63) is 28.0 Å². The van der Waals surface area contributed by atoms with Crippen LogP contribution in [0.25, 0.3) is 20.7 Å². The number of ether oxygens (including phenoxy) is 1. The third-order valence-corrected chi connectivity index (χ3v) is 6.27. The number of rotatable bonds is 3. The van der Waals surface area contributed by atoms with Gasteiger partial charge < -0.3 is 21.1 Å². The minimum absolute atomic E-state index is 0.272. The normalized spacial score (nSPS) is 14.5. The van der Waals surface area contributed by atoms with E-state index in [1.807, 2.05) is 22.4 Å². The Labute approximate surface area is 157 Å². The molecule has 132 valence electrons. The Hall–Kier alpha value is -2.67. The predicted molar refractivity (Wildman–Crippen MR) is 104 cm³/mol. The average molecular weight is 385 g/mol. The Morgan fingerprint density at radius 1 is 1.38 bits per heavy atom. The molecule has 4 N–H and O–H groups in total. The molecular weight excluding hydrogens is 370 g/mol. The first-order valence-corrected chi connectivity index (χ1v) is 9.64. The molecule has 4 heterocycles. The number of primary amides is 1. The zero-order valence-electron chi connectivity index (χ0n) is 13.7. The summed E-state index contributed by atoms with van der Waals surface area (Å²) in [6.45, 7) is 2.47. The lowest BCUT2D eigenvalue weighted by Gasteiger charge is -2.29. The van der Waals surface area contributed by atoms with Crippen LogP contribution in [0.5, 0.6) is 0 Å². The Bertz CT molecular complexity index is 1030. The number of nitrogen functional groups attached to an aromatic ring is 1. The summed E-state index contributed by atoms with van der Waals surface area (Å²) in [5, 5.41) is 12.5. The summed E-state index contributed by atoms with van der Waals surface area (Å²) in [5.41, 5.74) is 13.2. The number of pyridine rings is 1. The largest absolute Gasteiger partial charge is 0.397 e. The molecule has 3 aromatic heterocycles. The minimum Gasteiger partial charge on any atom is -0.397 e. The summed E-state index contributed by atoms with van der Waals surface area (Å²) >= 11 is 2.68. The molecular formula is C17H15N5O2S2. The van der Waals surface area contributed by atoms with Crippen LogP contribution in [0.2, 0.25) is 0 Å². The summed E-state index contributed by atoms with van der Waals surface area (Å²) in [5.74, 6) is 0.0121. The number of thiophene rings is 2. The van der Waals surface area contributed by atoms with E-state index in [-0.39, 0.29) is 4.88 Å². The average Bonchev–Trinajstić information content (AvgIpc) is 3.29. The highest BCUT2D eigenvalue weighted by Gasteiger charge is 2.27. The highest BCUT2D eigenvalue weighted by Crippen LogP contribution is 2.44. The van der Waals surface area contributed by atoms with Gasteiger partial charge in [0.05, 0.1) is 18.9 Å². The van der Waals surface area contributed by atoms with Gasteiger partial charge in [0.15, 0.2) is 0 Å². The van der Waals surface area contributed by atoms with E-state index in [0.29, 0.717) is 53.6 Å². The van der Waals surface area contributed by atoms with E-state index in [9.17, 15) is 10.1 Å². The van der Waals surface area contributed by atoms with Crippen molar-refractivity contribution in [3.8, 4) is 16.5 Å². The lowest BCUT2D eigenvalue weighted by atomic mass is 10.0. The van der Waals surface area contributed by atoms with E-state index in [1.54, 1.807) is 0 Å². The van der Waals surface area contributed by atoms with Crippen molar-refractivity contribution in [1.82, 2.24) is 4.98 Å². The van der Waals surface area contributed by atoms with E-state index in [0.717, 1.165) is 10.4 Å². The number of amides is 1. The fraction of sp³-hybridized carbons (Fsp3) is 0.235. The lowest BCUT2D eigenvalue weighted by Crippen LogP contribution is -2.37. The first kappa shape index (κ1) is 16.8. The molecule has 0 aromatic carbocycles. The summed E-state index contributed by atoms with van der Waals surface area (Å²) in [6.07, 6.45) is 0. The molecule has 4 rings (SSSR count). The van der Waals surface area contributed by atoms with E-state index < -0.39 is 5.91 Å². The van der Waals surface area contributed by atoms with Crippen LogP contribution in [-0.2, 0) is 4.74 Å². The SMILES string of the molecule is N#Cc1c(N2CCOCC2)nc2sc(C(N)=O)c(N)c2c1-c1cccs1. The molecule has 1 fully saturated rings. The van der Waals surface area contributed by atoms with E-state index in [4.69, 9.17) is 16.2 Å². The summed E-state index contributed by atoms with van der Waals surface area (Å²) in [6, 6.07) is 6.15. The number of nitriles is 1. The van der Waals surface area contributed by atoms with Crippen LogP contribution in [0.1, 0.15) is 15.2 Å². The number of aromatic nitrogens is 1. The van der Waals surface area contributed by atoms with Crippen LogP contribution in [0.15, 0.2) is 17.5 Å². The van der Waals surface area contributed by atoms with Crippen molar-refractivity contribution >= 4 is 50.3 Å². The maximum atomic E-state index is 11.8. The molecule has 7 nitrogen and oxygen atoms in total. The van der Waals surface area contributed by atoms with E-state index in [2.05, 4.69) is 11.1 Å². The first-order chi connectivity index (χ1) is 12.6. The van der Waals surface area contributed by atoms with Crippen molar-refractivity contribution in [2.45, 2.75) is 0 Å². The molecule has 1 aliphatic heterocycles. The van der Waals surface area contributed by atoms with Gasteiger partial charge in [-0.25, -0.2) is 4.98 Å². The van der Waals surface area contributed by atoms with E-state index >= 15 is 0 Å². The highest BCUT2D eigenvalue weighted by atomic mass is 32.1. The lowest BCUT2D eigenvalue weighted by molar-refractivity contribution is 0.100. The van der Waals surface area contributed by atoms with Gasteiger partial charge in [-0.2, -0.15) is 5.26 Å². The van der Waals surface area contributed by atoms with Crippen molar-refractivity contribution < 1.29 is 9.53 Å². The Balaban J connectivity index is 2.08. The molecule has 1 amide bonds. The van der Waals surface area contributed by atoms with Gasteiger partial charge >= 0.3 is 0 Å². The van der Waals surface area contributed by atoms with E-state index in [1.165, 1.54) is 22.7 Å². The molecule has 0 radical (unpaired) electrons. The number of nitrogens with two attached hydrogens (primary N) is 2. The third kappa shape index (κ3) is 2.59. The van der Waals surface area contributed by atoms with Crippen molar-refractivity contribution in [2.24, 2.45) is 5.73 Å². The molecule has 26 heavy (non-hydrogen) atoms. The molecule has 1 saturated heterocycles. The number of hydrogen-bond acceptors (Lipinski definition) is 8. The molecule has 1 aliphatic rings. The monoisotopic (exact) mass is 385 g/mol. The number of fused-ring (bicyclic) bond motifs is 1. The van der Waals surface area contributed by atoms with Gasteiger partial charge in [0, 0.05) is 28.9 Å². The van der Waals surface area contributed by atoms with Gasteiger partial charge in [0.1, 0.15) is 27.2 Å². The Morgan fingerprint density at radius 2 is 2.15 bits per heavy atom. The van der Waals surface area contributed by atoms with Crippen molar-refractivity contribution in [3.63, 3.8) is 0 Å². The van der Waals surface area contributed by atoms with Crippen molar-refractivity contribution in [2.75, 3.05) is 36.9 Å². The van der Waals surface area contributed by atoms with Crippen LogP contribution in [0.4, 0.5) is 11.5 Å². The summed E-state index contributed by atoms with van der Waals surface area (Å²) in [7, 11) is 0. The van der Waals surface area contributed by atoms with Crippen LogP contribution in [0.3, 0.4) is 0 Å². The second-order valence-electron chi connectivity index (χ2n) is 5.76. The van der Waals surface area contributed by atoms with Crippen LogP contribution >= 0.6 is 22.7 Å². The van der Waals surface area contributed by atoms with Gasteiger partial charge in [-0.1, -0.05) is 6.07 Å². The van der Waals surface area contributed by atoms with Gasteiger partial charge in [-0.05, 0) is 11.4 Å². The third-order valence-electron chi connectivity index (χ3n) is 4.27. The molecule has 3 aromatic rings. The number of anilines is 2. The minimum atomic E-state index is -0.589. The number of carbonyl (C=O) groups is 1. The molecule has 0 atom stereocenters. The molecule has 0 aliphatic carbocycles. The van der Waals surface area contributed by atoms with Gasteiger partial charge in [-0.3, -0.25) is 4.79 Å². The summed E-state index contributed by atoms with van der Waals surface area (Å²) in [4.78, 5) is 20.3. The molecule has 0 unspecified atom stereocenters. The van der Waals surface area contributed by atoms with Crippen LogP contribution < -0.4 is 16.4 Å². The van der Waals surface area contributed by atoms with Gasteiger partial charge in [0.25, 0.3) is 5.91 Å².